The second-order valence-electron chi connectivity index (χ2n) is 5.72. The number of rotatable bonds is 4. The summed E-state index contributed by atoms with van der Waals surface area (Å²) in [7, 11) is 0. The van der Waals surface area contributed by atoms with Crippen molar-refractivity contribution in [3.8, 4) is 0 Å². The minimum atomic E-state index is 0.322. The van der Waals surface area contributed by atoms with Gasteiger partial charge in [0.25, 0.3) is 0 Å². The Labute approximate surface area is 88.2 Å². The van der Waals surface area contributed by atoms with E-state index in [9.17, 15) is 0 Å². The van der Waals surface area contributed by atoms with E-state index in [1.807, 2.05) is 0 Å². The summed E-state index contributed by atoms with van der Waals surface area (Å²) in [5.41, 5.74) is 0.721. The summed E-state index contributed by atoms with van der Waals surface area (Å²) in [5.74, 6) is 0.447. The molecule has 0 saturated heterocycles. The lowest BCUT2D eigenvalue weighted by atomic mass is 9.66. The molecule has 1 aliphatic rings. The third-order valence-corrected chi connectivity index (χ3v) is 4.16. The maximum Gasteiger partial charge on any atom is 0.0456 e. The van der Waals surface area contributed by atoms with Crippen molar-refractivity contribution in [2.75, 3.05) is 6.61 Å². The summed E-state index contributed by atoms with van der Waals surface area (Å²) >= 11 is 0. The molecular weight excluding hydrogens is 172 g/mol. The van der Waals surface area contributed by atoms with E-state index < -0.39 is 0 Å². The minimum absolute atomic E-state index is 0.322. The molecule has 1 N–H and O–H groups in total. The Bertz CT molecular complexity index is 217. The van der Waals surface area contributed by atoms with Crippen LogP contribution < -0.4 is 0 Å². The molecule has 0 radical (unpaired) electrons. The topological polar surface area (TPSA) is 20.2 Å². The molecule has 0 aromatic carbocycles. The fourth-order valence-corrected chi connectivity index (χ4v) is 2.16. The summed E-state index contributed by atoms with van der Waals surface area (Å²) in [6.45, 7) is 9.46. The van der Waals surface area contributed by atoms with Gasteiger partial charge >= 0.3 is 0 Å². The van der Waals surface area contributed by atoms with E-state index in [-0.39, 0.29) is 0 Å². The molecule has 1 rings (SSSR count). The molecule has 0 bridgehead atoms. The van der Waals surface area contributed by atoms with Crippen molar-refractivity contribution in [2.24, 2.45) is 16.7 Å². The summed E-state index contributed by atoms with van der Waals surface area (Å²) < 4.78 is 0. The van der Waals surface area contributed by atoms with E-state index in [1.165, 1.54) is 12.8 Å². The number of hydrogen-bond donors (Lipinski definition) is 1. The van der Waals surface area contributed by atoms with E-state index in [4.69, 9.17) is 5.11 Å². The summed E-state index contributed by atoms with van der Waals surface area (Å²) in [6.07, 6.45) is 8.20. The van der Waals surface area contributed by atoms with Crippen LogP contribution in [-0.2, 0) is 0 Å². The van der Waals surface area contributed by atoms with Crippen LogP contribution in [0.3, 0.4) is 0 Å². The van der Waals surface area contributed by atoms with Crippen molar-refractivity contribution >= 4 is 0 Å². The number of aliphatic hydroxyl groups is 1. The van der Waals surface area contributed by atoms with Gasteiger partial charge in [-0.3, -0.25) is 0 Å². The van der Waals surface area contributed by atoms with Gasteiger partial charge in [0, 0.05) is 6.61 Å². The first-order chi connectivity index (χ1) is 6.41. The lowest BCUT2D eigenvalue weighted by Crippen LogP contribution is -2.30. The molecule has 0 spiro atoms. The molecule has 0 aromatic heterocycles. The van der Waals surface area contributed by atoms with Gasteiger partial charge in [-0.25, -0.2) is 0 Å². The second kappa shape index (κ2) is 4.06. The molecule has 0 amide bonds. The molecule has 2 unspecified atom stereocenters. The first kappa shape index (κ1) is 11.8. The van der Waals surface area contributed by atoms with Crippen LogP contribution in [0.15, 0.2) is 12.2 Å². The molecular formula is C13H24O. The summed E-state index contributed by atoms with van der Waals surface area (Å²) in [4.78, 5) is 0. The Kier molecular flexibility index (Phi) is 3.41. The average Bonchev–Trinajstić information content (AvgIpc) is 2.38. The van der Waals surface area contributed by atoms with Crippen molar-refractivity contribution in [2.45, 2.75) is 47.0 Å². The van der Waals surface area contributed by atoms with E-state index >= 15 is 0 Å². The molecule has 0 aromatic rings. The van der Waals surface area contributed by atoms with Gasteiger partial charge in [-0.05, 0) is 36.0 Å². The highest BCUT2D eigenvalue weighted by Gasteiger charge is 2.41. The molecule has 14 heavy (non-hydrogen) atoms. The molecule has 2 atom stereocenters. The maximum atomic E-state index is 9.01. The van der Waals surface area contributed by atoms with Crippen molar-refractivity contribution < 1.29 is 5.11 Å². The predicted octanol–water partition coefficient (Wildman–Crippen LogP) is 3.39. The van der Waals surface area contributed by atoms with Crippen LogP contribution in [0.5, 0.6) is 0 Å². The molecule has 0 heterocycles. The monoisotopic (exact) mass is 196 g/mol. The van der Waals surface area contributed by atoms with Gasteiger partial charge in [0.1, 0.15) is 0 Å². The number of hydrogen-bond acceptors (Lipinski definition) is 1. The zero-order valence-corrected chi connectivity index (χ0v) is 10.0. The van der Waals surface area contributed by atoms with Crippen LogP contribution in [0, 0.1) is 16.7 Å². The highest BCUT2D eigenvalue weighted by atomic mass is 16.3. The van der Waals surface area contributed by atoms with Crippen molar-refractivity contribution in [3.63, 3.8) is 0 Å². The lowest BCUT2D eigenvalue weighted by Gasteiger charge is -2.39. The first-order valence-electron chi connectivity index (χ1n) is 5.70. The maximum absolute atomic E-state index is 9.01. The third kappa shape index (κ3) is 2.20. The van der Waals surface area contributed by atoms with Gasteiger partial charge in [0.2, 0.25) is 0 Å². The highest BCUT2D eigenvalue weighted by molar-refractivity contribution is 5.12. The SMILES string of the molecule is CC(CO)CCC1(C)CC=CC1(C)C. The Morgan fingerprint density at radius 3 is 2.43 bits per heavy atom. The number of allylic oxidation sites excluding steroid dienone is 2. The summed E-state index contributed by atoms with van der Waals surface area (Å²) in [5, 5.41) is 9.01. The predicted molar refractivity (Wildman–Crippen MR) is 61.1 cm³/mol. The van der Waals surface area contributed by atoms with Gasteiger partial charge in [0.05, 0.1) is 0 Å². The fraction of sp³-hybridized carbons (Fsp3) is 0.846. The second-order valence-corrected chi connectivity index (χ2v) is 5.72. The molecule has 82 valence electrons. The minimum Gasteiger partial charge on any atom is -0.396 e. The van der Waals surface area contributed by atoms with Crippen LogP contribution in [0.1, 0.15) is 47.0 Å². The zero-order valence-electron chi connectivity index (χ0n) is 10.0. The van der Waals surface area contributed by atoms with Crippen LogP contribution in [0.2, 0.25) is 0 Å². The van der Waals surface area contributed by atoms with Crippen LogP contribution in [0.25, 0.3) is 0 Å². The Morgan fingerprint density at radius 1 is 1.36 bits per heavy atom. The largest absolute Gasteiger partial charge is 0.396 e. The quantitative estimate of drug-likeness (QED) is 0.683. The first-order valence-corrected chi connectivity index (χ1v) is 5.70. The molecule has 0 fully saturated rings. The van der Waals surface area contributed by atoms with Gasteiger partial charge in [-0.15, -0.1) is 0 Å². The van der Waals surface area contributed by atoms with E-state index in [0.717, 1.165) is 6.42 Å². The fourth-order valence-electron chi connectivity index (χ4n) is 2.16. The van der Waals surface area contributed by atoms with Crippen molar-refractivity contribution in [3.05, 3.63) is 12.2 Å². The Hall–Kier alpha value is -0.300. The van der Waals surface area contributed by atoms with E-state index in [1.54, 1.807) is 0 Å². The molecule has 0 saturated carbocycles. The van der Waals surface area contributed by atoms with Crippen LogP contribution in [-0.4, -0.2) is 11.7 Å². The van der Waals surface area contributed by atoms with Gasteiger partial charge < -0.3 is 5.11 Å². The molecule has 1 nitrogen and oxygen atoms in total. The summed E-state index contributed by atoms with van der Waals surface area (Å²) in [6, 6.07) is 0. The Morgan fingerprint density at radius 2 is 2.00 bits per heavy atom. The van der Waals surface area contributed by atoms with E-state index in [0.29, 0.717) is 23.4 Å². The molecule has 1 aliphatic carbocycles. The zero-order chi connectivity index (χ0) is 10.8. The van der Waals surface area contributed by atoms with Crippen LogP contribution >= 0.6 is 0 Å². The molecule has 0 aliphatic heterocycles. The molecule has 1 heteroatoms. The van der Waals surface area contributed by atoms with Gasteiger partial charge in [-0.1, -0.05) is 39.8 Å². The average molecular weight is 196 g/mol. The van der Waals surface area contributed by atoms with Gasteiger partial charge in [-0.2, -0.15) is 0 Å². The number of aliphatic hydroxyl groups excluding tert-OH is 1. The standard InChI is InChI=1S/C13H24O/c1-11(10-14)6-9-13(4)8-5-7-12(13,2)3/h5,7,11,14H,6,8-10H2,1-4H3. The normalized spacial score (nSPS) is 32.1. The van der Waals surface area contributed by atoms with Gasteiger partial charge in [0.15, 0.2) is 0 Å². The van der Waals surface area contributed by atoms with E-state index in [2.05, 4.69) is 39.8 Å². The Balaban J connectivity index is 2.51. The third-order valence-electron chi connectivity index (χ3n) is 4.16. The van der Waals surface area contributed by atoms with Crippen molar-refractivity contribution in [1.82, 2.24) is 0 Å². The van der Waals surface area contributed by atoms with Crippen LogP contribution in [0.4, 0.5) is 0 Å². The lowest BCUT2D eigenvalue weighted by molar-refractivity contribution is 0.125. The van der Waals surface area contributed by atoms with Crippen molar-refractivity contribution in [1.29, 1.82) is 0 Å². The smallest absolute Gasteiger partial charge is 0.0456 e. The highest BCUT2D eigenvalue weighted by Crippen LogP contribution is 2.51.